The topological polar surface area (TPSA) is 84.9 Å². The molecule has 140 valence electrons. The Labute approximate surface area is 152 Å². The van der Waals surface area contributed by atoms with Gasteiger partial charge >= 0.3 is 0 Å². The van der Waals surface area contributed by atoms with Crippen molar-refractivity contribution in [2.45, 2.75) is 0 Å². The Morgan fingerprint density at radius 2 is 1.62 bits per heavy atom. The molecule has 0 unspecified atom stereocenters. The molecule has 2 aromatic rings. The van der Waals surface area contributed by atoms with Gasteiger partial charge in [-0.05, 0) is 7.05 Å². The number of hydrogen-bond acceptors (Lipinski definition) is 9. The first-order valence-corrected chi connectivity index (χ1v) is 8.35. The normalized spacial score (nSPS) is 14.8. The van der Waals surface area contributed by atoms with E-state index in [4.69, 9.17) is 14.2 Å². The minimum absolute atomic E-state index is 0.541. The van der Waals surface area contributed by atoms with E-state index in [0.717, 1.165) is 31.9 Å². The Kier molecular flexibility index (Phi) is 5.57. The predicted molar refractivity (Wildman–Crippen MR) is 98.9 cm³/mol. The van der Waals surface area contributed by atoms with E-state index in [-0.39, 0.29) is 0 Å². The summed E-state index contributed by atoms with van der Waals surface area (Å²) in [4.78, 5) is 8.99. The van der Waals surface area contributed by atoms with Gasteiger partial charge in [-0.25, -0.2) is 0 Å². The molecule has 9 nitrogen and oxygen atoms in total. The zero-order chi connectivity index (χ0) is 18.5. The molecule has 1 aliphatic heterocycles. The summed E-state index contributed by atoms with van der Waals surface area (Å²) in [6, 6.07) is 3.64. The molecular weight excluding hydrogens is 336 g/mol. The molecule has 1 aromatic carbocycles. The van der Waals surface area contributed by atoms with Crippen LogP contribution in [0.1, 0.15) is 0 Å². The van der Waals surface area contributed by atoms with Crippen LogP contribution in [-0.2, 0) is 0 Å². The van der Waals surface area contributed by atoms with E-state index in [0.29, 0.717) is 29.0 Å². The minimum Gasteiger partial charge on any atom is -0.493 e. The van der Waals surface area contributed by atoms with Gasteiger partial charge in [-0.3, -0.25) is 0 Å². The average Bonchev–Trinajstić information content (AvgIpc) is 2.68. The number of methoxy groups -OCH3 is 3. The molecule has 0 spiro atoms. The fraction of sp³-hybridized carbons (Fsp3) is 0.471. The van der Waals surface area contributed by atoms with Gasteiger partial charge in [0.25, 0.3) is 0 Å². The first-order valence-electron chi connectivity index (χ1n) is 8.35. The third-order valence-electron chi connectivity index (χ3n) is 4.27. The van der Waals surface area contributed by atoms with Gasteiger partial charge < -0.3 is 29.3 Å². The second kappa shape index (κ2) is 8.05. The van der Waals surface area contributed by atoms with Gasteiger partial charge in [-0.1, -0.05) is 0 Å². The van der Waals surface area contributed by atoms with E-state index >= 15 is 0 Å². The maximum Gasteiger partial charge on any atom is 0.247 e. The highest BCUT2D eigenvalue weighted by Crippen LogP contribution is 2.40. The van der Waals surface area contributed by atoms with E-state index in [1.165, 1.54) is 0 Å². The maximum absolute atomic E-state index is 5.38. The molecule has 1 aliphatic rings. The summed E-state index contributed by atoms with van der Waals surface area (Å²) in [6.07, 6.45) is 1.59. The van der Waals surface area contributed by atoms with E-state index < -0.39 is 0 Å². The molecule has 1 aromatic heterocycles. The number of nitrogens with one attached hydrogen (secondary N) is 1. The molecular formula is C17H24N6O3. The molecule has 2 heterocycles. The molecule has 0 bridgehead atoms. The summed E-state index contributed by atoms with van der Waals surface area (Å²) in [5.74, 6) is 2.89. The van der Waals surface area contributed by atoms with Crippen LogP contribution in [0.25, 0.3) is 0 Å². The Morgan fingerprint density at radius 3 is 2.19 bits per heavy atom. The van der Waals surface area contributed by atoms with E-state index in [1.54, 1.807) is 27.5 Å². The largest absolute Gasteiger partial charge is 0.493 e. The fourth-order valence-electron chi connectivity index (χ4n) is 2.80. The van der Waals surface area contributed by atoms with Crippen LogP contribution < -0.4 is 24.4 Å². The van der Waals surface area contributed by atoms with Gasteiger partial charge in [0.1, 0.15) is 0 Å². The van der Waals surface area contributed by atoms with Crippen LogP contribution in [0.2, 0.25) is 0 Å². The van der Waals surface area contributed by atoms with Crippen LogP contribution in [0, 0.1) is 0 Å². The summed E-state index contributed by atoms with van der Waals surface area (Å²) >= 11 is 0. The van der Waals surface area contributed by atoms with Gasteiger partial charge in [0.05, 0.1) is 27.5 Å². The molecule has 1 fully saturated rings. The fourth-order valence-corrected chi connectivity index (χ4v) is 2.80. The summed E-state index contributed by atoms with van der Waals surface area (Å²) in [5.41, 5.74) is 0.754. The van der Waals surface area contributed by atoms with Crippen molar-refractivity contribution in [1.82, 2.24) is 20.1 Å². The number of piperazine rings is 1. The molecule has 1 saturated heterocycles. The molecule has 3 rings (SSSR count). The Bertz CT molecular complexity index is 724. The van der Waals surface area contributed by atoms with E-state index in [2.05, 4.69) is 37.3 Å². The van der Waals surface area contributed by atoms with Crippen LogP contribution in [0.3, 0.4) is 0 Å². The number of anilines is 3. The maximum atomic E-state index is 5.38. The lowest BCUT2D eigenvalue weighted by atomic mass is 10.2. The Morgan fingerprint density at radius 1 is 0.962 bits per heavy atom. The van der Waals surface area contributed by atoms with Crippen LogP contribution in [0.5, 0.6) is 17.2 Å². The van der Waals surface area contributed by atoms with Crippen molar-refractivity contribution in [3.05, 3.63) is 18.3 Å². The number of hydrogen-bond donors (Lipinski definition) is 1. The average molecular weight is 360 g/mol. The smallest absolute Gasteiger partial charge is 0.247 e. The van der Waals surface area contributed by atoms with Gasteiger partial charge in [0, 0.05) is 44.0 Å². The number of likely N-dealkylation sites (N-methyl/N-ethyl adjacent to an activating group) is 1. The second-order valence-corrected chi connectivity index (χ2v) is 5.97. The van der Waals surface area contributed by atoms with Crippen LogP contribution in [0.4, 0.5) is 17.5 Å². The van der Waals surface area contributed by atoms with Crippen molar-refractivity contribution in [3.8, 4) is 17.2 Å². The lowest BCUT2D eigenvalue weighted by Crippen LogP contribution is -2.45. The van der Waals surface area contributed by atoms with Crippen LogP contribution >= 0.6 is 0 Å². The van der Waals surface area contributed by atoms with Gasteiger partial charge in [0.2, 0.25) is 11.7 Å². The number of ether oxygens (including phenoxy) is 3. The standard InChI is InChI=1S/C17H24N6O3/c1-22-5-7-23(8-6-22)17-20-15(11-18-21-17)19-12-9-13(24-2)16(26-4)14(10-12)25-3/h9-11H,5-8H2,1-4H3,(H,19,20,21). The Balaban J connectivity index is 1.82. The van der Waals surface area contributed by atoms with Gasteiger partial charge in [-0.15, -0.1) is 5.10 Å². The number of nitrogens with zero attached hydrogens (tertiary/aromatic N) is 5. The molecule has 0 aliphatic carbocycles. The predicted octanol–water partition coefficient (Wildman–Crippen LogP) is 1.39. The minimum atomic E-state index is 0.541. The molecule has 0 atom stereocenters. The third kappa shape index (κ3) is 3.88. The zero-order valence-electron chi connectivity index (χ0n) is 15.5. The highest BCUT2D eigenvalue weighted by Gasteiger charge is 2.18. The molecule has 26 heavy (non-hydrogen) atoms. The number of rotatable bonds is 6. The zero-order valence-corrected chi connectivity index (χ0v) is 15.5. The lowest BCUT2D eigenvalue weighted by Gasteiger charge is -2.32. The molecule has 0 radical (unpaired) electrons. The van der Waals surface area contributed by atoms with Crippen molar-refractivity contribution >= 4 is 17.5 Å². The van der Waals surface area contributed by atoms with Crippen molar-refractivity contribution in [2.24, 2.45) is 0 Å². The first kappa shape index (κ1) is 18.0. The second-order valence-electron chi connectivity index (χ2n) is 5.97. The van der Waals surface area contributed by atoms with Crippen molar-refractivity contribution in [1.29, 1.82) is 0 Å². The molecule has 9 heteroatoms. The quantitative estimate of drug-likeness (QED) is 0.821. The number of benzene rings is 1. The highest BCUT2D eigenvalue weighted by atomic mass is 16.5. The summed E-state index contributed by atoms with van der Waals surface area (Å²) in [5, 5.41) is 11.5. The van der Waals surface area contributed by atoms with Crippen LogP contribution in [-0.4, -0.2) is 74.6 Å². The van der Waals surface area contributed by atoms with Crippen molar-refractivity contribution < 1.29 is 14.2 Å². The highest BCUT2D eigenvalue weighted by molar-refractivity contribution is 5.66. The Hall–Kier alpha value is -2.81. The van der Waals surface area contributed by atoms with Crippen LogP contribution in [0.15, 0.2) is 18.3 Å². The van der Waals surface area contributed by atoms with E-state index in [9.17, 15) is 0 Å². The van der Waals surface area contributed by atoms with Crippen molar-refractivity contribution in [3.63, 3.8) is 0 Å². The number of aromatic nitrogens is 3. The summed E-state index contributed by atoms with van der Waals surface area (Å²) < 4.78 is 16.1. The summed E-state index contributed by atoms with van der Waals surface area (Å²) in [7, 11) is 6.85. The summed E-state index contributed by atoms with van der Waals surface area (Å²) in [6.45, 7) is 3.72. The molecule has 0 amide bonds. The monoisotopic (exact) mass is 360 g/mol. The molecule has 0 saturated carbocycles. The van der Waals surface area contributed by atoms with Gasteiger partial charge in [0.15, 0.2) is 17.3 Å². The molecule has 1 N–H and O–H groups in total. The van der Waals surface area contributed by atoms with Gasteiger partial charge in [-0.2, -0.15) is 10.1 Å². The van der Waals surface area contributed by atoms with Crippen molar-refractivity contribution in [2.75, 3.05) is 64.8 Å². The SMILES string of the molecule is COc1cc(Nc2cnnc(N3CCN(C)CC3)n2)cc(OC)c1OC. The lowest BCUT2D eigenvalue weighted by molar-refractivity contribution is 0.311. The first-order chi connectivity index (χ1) is 12.6. The van der Waals surface area contributed by atoms with E-state index in [1.807, 2.05) is 12.1 Å². The third-order valence-corrected chi connectivity index (χ3v) is 4.27.